The molecule has 0 N–H and O–H groups in total. The number of rotatable bonds is 4. The van der Waals surface area contributed by atoms with Gasteiger partial charge < -0.3 is 9.47 Å². The van der Waals surface area contributed by atoms with Gasteiger partial charge in [0.15, 0.2) is 0 Å². The van der Waals surface area contributed by atoms with Crippen LogP contribution >= 0.6 is 23.2 Å². The van der Waals surface area contributed by atoms with Crippen molar-refractivity contribution in [2.75, 3.05) is 20.3 Å². The zero-order chi connectivity index (χ0) is 14.5. The third kappa shape index (κ3) is 3.87. The molecule has 0 radical (unpaired) electrons. The molecule has 3 nitrogen and oxygen atoms in total. The fourth-order valence-corrected chi connectivity index (χ4v) is 2.86. The van der Waals surface area contributed by atoms with E-state index in [9.17, 15) is 4.79 Å². The fourth-order valence-electron chi connectivity index (χ4n) is 2.56. The normalized spacial score (nSPS) is 17.8. The lowest BCUT2D eigenvalue weighted by Gasteiger charge is -2.25. The van der Waals surface area contributed by atoms with Gasteiger partial charge in [-0.2, -0.15) is 0 Å². The Kier molecular flexibility index (Phi) is 5.70. The van der Waals surface area contributed by atoms with E-state index in [1.807, 2.05) is 6.07 Å². The van der Waals surface area contributed by atoms with E-state index in [2.05, 4.69) is 0 Å². The number of carbonyl (C=O) groups excluding carboxylic acids is 1. The number of methoxy groups -OCH3 is 1. The van der Waals surface area contributed by atoms with Gasteiger partial charge in [0.2, 0.25) is 0 Å². The first-order valence-electron chi connectivity index (χ1n) is 6.72. The van der Waals surface area contributed by atoms with Gasteiger partial charge in [-0.1, -0.05) is 29.3 Å². The summed E-state index contributed by atoms with van der Waals surface area (Å²) in [7, 11) is 1.41. The van der Waals surface area contributed by atoms with Crippen molar-refractivity contribution in [2.45, 2.75) is 25.2 Å². The monoisotopic (exact) mass is 316 g/mol. The lowest BCUT2D eigenvalue weighted by atomic mass is 9.85. The minimum absolute atomic E-state index is 0.227. The first-order valence-corrected chi connectivity index (χ1v) is 7.48. The van der Waals surface area contributed by atoms with Crippen LogP contribution < -0.4 is 0 Å². The Balaban J connectivity index is 2.17. The second-order valence-corrected chi connectivity index (χ2v) is 5.86. The molecule has 1 fully saturated rings. The molecule has 0 bridgehead atoms. The largest absolute Gasteiger partial charge is 0.469 e. The third-order valence-electron chi connectivity index (χ3n) is 3.74. The van der Waals surface area contributed by atoms with Crippen LogP contribution in [-0.4, -0.2) is 26.3 Å². The van der Waals surface area contributed by atoms with E-state index in [0.29, 0.717) is 16.0 Å². The number of hydrogen-bond acceptors (Lipinski definition) is 3. The summed E-state index contributed by atoms with van der Waals surface area (Å²) in [5.41, 5.74) is 0.859. The average Bonchev–Trinajstić information content (AvgIpc) is 2.48. The predicted octanol–water partition coefficient (Wildman–Crippen LogP) is 4.07. The standard InChI is InChI=1S/C15H18Cl2O3/c1-19-15(18)12(8-10-4-6-20-7-5-10)11-2-3-13(16)14(17)9-11/h2-3,9-10,12H,4-8H2,1H3. The highest BCUT2D eigenvalue weighted by Gasteiger charge is 2.27. The zero-order valence-electron chi connectivity index (χ0n) is 11.4. The lowest BCUT2D eigenvalue weighted by molar-refractivity contribution is -0.143. The Morgan fingerprint density at radius 3 is 2.65 bits per heavy atom. The average molecular weight is 317 g/mol. The molecular weight excluding hydrogens is 299 g/mol. The van der Waals surface area contributed by atoms with Crippen LogP contribution in [0.2, 0.25) is 10.0 Å². The van der Waals surface area contributed by atoms with E-state index in [-0.39, 0.29) is 11.9 Å². The van der Waals surface area contributed by atoms with E-state index in [4.69, 9.17) is 32.7 Å². The molecule has 1 aliphatic rings. The molecule has 5 heteroatoms. The number of benzene rings is 1. The maximum Gasteiger partial charge on any atom is 0.313 e. The molecule has 110 valence electrons. The van der Waals surface area contributed by atoms with Crippen molar-refractivity contribution in [3.8, 4) is 0 Å². The summed E-state index contributed by atoms with van der Waals surface area (Å²) in [5, 5.41) is 0.954. The number of esters is 1. The van der Waals surface area contributed by atoms with Crippen molar-refractivity contribution < 1.29 is 14.3 Å². The summed E-state index contributed by atoms with van der Waals surface area (Å²) in [6, 6.07) is 5.32. The van der Waals surface area contributed by atoms with Crippen molar-refractivity contribution in [3.63, 3.8) is 0 Å². The molecule has 0 aromatic heterocycles. The summed E-state index contributed by atoms with van der Waals surface area (Å²) < 4.78 is 10.3. The van der Waals surface area contributed by atoms with Gasteiger partial charge in [-0.05, 0) is 42.9 Å². The molecule has 1 saturated heterocycles. The highest BCUT2D eigenvalue weighted by Crippen LogP contribution is 2.33. The van der Waals surface area contributed by atoms with Crippen LogP contribution in [0.5, 0.6) is 0 Å². The Morgan fingerprint density at radius 1 is 1.35 bits per heavy atom. The van der Waals surface area contributed by atoms with E-state index in [0.717, 1.165) is 38.0 Å². The quantitative estimate of drug-likeness (QED) is 0.785. The molecule has 0 saturated carbocycles. The Labute approximate surface area is 129 Å². The Bertz CT molecular complexity index is 470. The van der Waals surface area contributed by atoms with E-state index in [1.165, 1.54) is 7.11 Å². The first-order chi connectivity index (χ1) is 9.61. The molecule has 1 heterocycles. The van der Waals surface area contributed by atoms with E-state index < -0.39 is 0 Å². The summed E-state index contributed by atoms with van der Waals surface area (Å²) in [4.78, 5) is 12.1. The van der Waals surface area contributed by atoms with Crippen molar-refractivity contribution in [3.05, 3.63) is 33.8 Å². The van der Waals surface area contributed by atoms with Crippen molar-refractivity contribution in [2.24, 2.45) is 5.92 Å². The number of hydrogen-bond donors (Lipinski definition) is 0. The SMILES string of the molecule is COC(=O)C(CC1CCOCC1)c1ccc(Cl)c(Cl)c1. The van der Waals surface area contributed by atoms with Crippen molar-refractivity contribution in [1.82, 2.24) is 0 Å². The molecule has 1 aromatic rings. The fraction of sp³-hybridized carbons (Fsp3) is 0.533. The van der Waals surface area contributed by atoms with Gasteiger partial charge in [0.05, 0.1) is 23.1 Å². The second-order valence-electron chi connectivity index (χ2n) is 5.04. The third-order valence-corrected chi connectivity index (χ3v) is 4.48. The summed E-state index contributed by atoms with van der Waals surface area (Å²) in [5.74, 6) is -0.0462. The molecule has 1 aliphatic heterocycles. The van der Waals surface area contributed by atoms with Gasteiger partial charge in [-0.25, -0.2) is 0 Å². The van der Waals surface area contributed by atoms with Crippen molar-refractivity contribution in [1.29, 1.82) is 0 Å². The Morgan fingerprint density at radius 2 is 2.05 bits per heavy atom. The van der Waals surface area contributed by atoms with E-state index in [1.54, 1.807) is 12.1 Å². The van der Waals surface area contributed by atoms with Gasteiger partial charge in [0.1, 0.15) is 0 Å². The topological polar surface area (TPSA) is 35.5 Å². The molecule has 1 atom stereocenters. The smallest absolute Gasteiger partial charge is 0.313 e. The van der Waals surface area contributed by atoms with Crippen LogP contribution in [0, 0.1) is 5.92 Å². The van der Waals surface area contributed by atoms with Crippen LogP contribution in [0.4, 0.5) is 0 Å². The molecule has 0 aliphatic carbocycles. The van der Waals surface area contributed by atoms with Gasteiger partial charge in [-0.15, -0.1) is 0 Å². The lowest BCUT2D eigenvalue weighted by Crippen LogP contribution is -2.22. The molecule has 1 unspecified atom stereocenters. The molecule has 0 spiro atoms. The molecular formula is C15H18Cl2O3. The van der Waals surface area contributed by atoms with Gasteiger partial charge in [-0.3, -0.25) is 4.79 Å². The van der Waals surface area contributed by atoms with Crippen LogP contribution in [0.3, 0.4) is 0 Å². The predicted molar refractivity (Wildman–Crippen MR) is 79.4 cm³/mol. The highest BCUT2D eigenvalue weighted by atomic mass is 35.5. The second kappa shape index (κ2) is 7.30. The van der Waals surface area contributed by atoms with Gasteiger partial charge in [0.25, 0.3) is 0 Å². The number of carbonyl (C=O) groups is 1. The van der Waals surface area contributed by atoms with Crippen LogP contribution in [0.1, 0.15) is 30.7 Å². The van der Waals surface area contributed by atoms with Crippen molar-refractivity contribution >= 4 is 29.2 Å². The summed E-state index contributed by atoms with van der Waals surface area (Å²) in [6.07, 6.45) is 2.72. The minimum Gasteiger partial charge on any atom is -0.469 e. The maximum absolute atomic E-state index is 12.1. The Hall–Kier alpha value is -0.770. The first kappa shape index (κ1) is 15.6. The van der Waals surface area contributed by atoms with Crippen LogP contribution in [0.25, 0.3) is 0 Å². The van der Waals surface area contributed by atoms with Crippen LogP contribution in [0.15, 0.2) is 18.2 Å². The summed E-state index contributed by atoms with van der Waals surface area (Å²) >= 11 is 12.0. The minimum atomic E-state index is -0.294. The molecule has 20 heavy (non-hydrogen) atoms. The molecule has 0 amide bonds. The van der Waals surface area contributed by atoms with Crippen LogP contribution in [-0.2, 0) is 14.3 Å². The van der Waals surface area contributed by atoms with E-state index >= 15 is 0 Å². The van der Waals surface area contributed by atoms with Gasteiger partial charge >= 0.3 is 5.97 Å². The number of halogens is 2. The molecule has 1 aromatic carbocycles. The number of ether oxygens (including phenoxy) is 2. The summed E-state index contributed by atoms with van der Waals surface area (Å²) in [6.45, 7) is 1.53. The van der Waals surface area contributed by atoms with Gasteiger partial charge in [0, 0.05) is 13.2 Å². The maximum atomic E-state index is 12.1. The zero-order valence-corrected chi connectivity index (χ0v) is 12.9. The highest BCUT2D eigenvalue weighted by molar-refractivity contribution is 6.42. The molecule has 2 rings (SSSR count).